The lowest BCUT2D eigenvalue weighted by atomic mass is 10.2. The second kappa shape index (κ2) is 6.19. The van der Waals surface area contributed by atoms with Crippen LogP contribution in [0.2, 0.25) is 0 Å². The summed E-state index contributed by atoms with van der Waals surface area (Å²) in [4.78, 5) is 16.7. The highest BCUT2D eigenvalue weighted by atomic mass is 16.5. The van der Waals surface area contributed by atoms with Gasteiger partial charge in [-0.3, -0.25) is 4.79 Å². The van der Waals surface area contributed by atoms with E-state index in [2.05, 4.69) is 22.2 Å². The molecule has 2 aliphatic rings. The van der Waals surface area contributed by atoms with Crippen molar-refractivity contribution in [3.05, 3.63) is 41.8 Å². The van der Waals surface area contributed by atoms with Crippen molar-refractivity contribution in [3.8, 4) is 5.75 Å². The Labute approximate surface area is 141 Å². The van der Waals surface area contributed by atoms with Gasteiger partial charge in [-0.25, -0.2) is 0 Å². The first-order valence-corrected chi connectivity index (χ1v) is 8.39. The molecule has 1 aliphatic carbocycles. The lowest BCUT2D eigenvalue weighted by Crippen LogP contribution is -2.48. The zero-order valence-electron chi connectivity index (χ0n) is 13.8. The molecule has 1 amide bonds. The molecule has 24 heavy (non-hydrogen) atoms. The van der Waals surface area contributed by atoms with Gasteiger partial charge in [0.05, 0.1) is 7.11 Å². The highest BCUT2D eigenvalue weighted by Crippen LogP contribution is 2.40. The Morgan fingerprint density at radius 2 is 1.88 bits per heavy atom. The first-order valence-electron chi connectivity index (χ1n) is 8.39. The molecule has 2 heterocycles. The maximum Gasteiger partial charge on any atom is 0.276 e. The number of hydrogen-bond acceptors (Lipinski definition) is 5. The van der Waals surface area contributed by atoms with Crippen LogP contribution in [-0.4, -0.2) is 49.3 Å². The van der Waals surface area contributed by atoms with Crippen LogP contribution in [-0.2, 0) is 0 Å². The average molecular weight is 327 g/mol. The van der Waals surface area contributed by atoms with Crippen molar-refractivity contribution in [1.82, 2.24) is 10.1 Å². The van der Waals surface area contributed by atoms with Gasteiger partial charge in [-0.2, -0.15) is 0 Å². The van der Waals surface area contributed by atoms with Crippen molar-refractivity contribution < 1.29 is 14.1 Å². The average Bonchev–Trinajstić information content (AvgIpc) is 3.38. The van der Waals surface area contributed by atoms with E-state index in [0.29, 0.717) is 24.7 Å². The van der Waals surface area contributed by atoms with E-state index in [0.717, 1.165) is 43.1 Å². The molecule has 6 nitrogen and oxygen atoms in total. The standard InChI is InChI=1S/C18H21N3O3/c1-23-15-6-4-14(5-7-15)20-8-10-21(11-9-20)18(22)16-12-17(24-19-16)13-2-3-13/h4-7,12-13H,2-3,8-11H2,1H3. The van der Waals surface area contributed by atoms with Crippen molar-refractivity contribution in [2.24, 2.45) is 0 Å². The smallest absolute Gasteiger partial charge is 0.276 e. The fourth-order valence-electron chi connectivity index (χ4n) is 3.07. The number of nitrogens with zero attached hydrogens (tertiary/aromatic N) is 3. The third kappa shape index (κ3) is 2.96. The Bertz CT molecular complexity index is 713. The number of methoxy groups -OCH3 is 1. The maximum atomic E-state index is 12.6. The van der Waals surface area contributed by atoms with Gasteiger partial charge in [-0.15, -0.1) is 0 Å². The van der Waals surface area contributed by atoms with Gasteiger partial charge in [-0.05, 0) is 37.1 Å². The van der Waals surface area contributed by atoms with E-state index in [4.69, 9.17) is 9.26 Å². The van der Waals surface area contributed by atoms with Crippen molar-refractivity contribution in [3.63, 3.8) is 0 Å². The second-order valence-corrected chi connectivity index (χ2v) is 6.37. The van der Waals surface area contributed by atoms with Crippen molar-refractivity contribution in [2.45, 2.75) is 18.8 Å². The second-order valence-electron chi connectivity index (χ2n) is 6.37. The lowest BCUT2D eigenvalue weighted by Gasteiger charge is -2.35. The molecular weight excluding hydrogens is 306 g/mol. The Hall–Kier alpha value is -2.50. The van der Waals surface area contributed by atoms with Gasteiger partial charge in [0.15, 0.2) is 5.69 Å². The van der Waals surface area contributed by atoms with E-state index in [1.54, 1.807) is 7.11 Å². The quantitative estimate of drug-likeness (QED) is 0.863. The van der Waals surface area contributed by atoms with Crippen molar-refractivity contribution in [1.29, 1.82) is 0 Å². The summed E-state index contributed by atoms with van der Waals surface area (Å²) >= 11 is 0. The molecule has 1 saturated carbocycles. The molecule has 126 valence electrons. The van der Waals surface area contributed by atoms with Gasteiger partial charge in [0, 0.05) is 43.9 Å². The number of benzene rings is 1. The van der Waals surface area contributed by atoms with Gasteiger partial charge in [-0.1, -0.05) is 5.16 Å². The predicted octanol–water partition coefficient (Wildman–Crippen LogP) is 2.52. The van der Waals surface area contributed by atoms with Gasteiger partial charge in [0.2, 0.25) is 0 Å². The van der Waals surface area contributed by atoms with E-state index in [9.17, 15) is 4.79 Å². The number of rotatable bonds is 4. The fraction of sp³-hybridized carbons (Fsp3) is 0.444. The number of hydrogen-bond donors (Lipinski definition) is 0. The molecule has 0 unspecified atom stereocenters. The number of carbonyl (C=O) groups excluding carboxylic acids is 1. The highest BCUT2D eigenvalue weighted by Gasteiger charge is 2.30. The summed E-state index contributed by atoms with van der Waals surface area (Å²) in [6.07, 6.45) is 2.28. The van der Waals surface area contributed by atoms with Crippen LogP contribution in [0, 0.1) is 0 Å². The lowest BCUT2D eigenvalue weighted by molar-refractivity contribution is 0.0736. The highest BCUT2D eigenvalue weighted by molar-refractivity contribution is 5.92. The molecule has 1 aromatic heterocycles. The molecule has 2 fully saturated rings. The largest absolute Gasteiger partial charge is 0.497 e. The summed E-state index contributed by atoms with van der Waals surface area (Å²) in [5, 5.41) is 3.96. The molecule has 4 rings (SSSR count). The summed E-state index contributed by atoms with van der Waals surface area (Å²) in [7, 11) is 1.66. The van der Waals surface area contributed by atoms with E-state index in [-0.39, 0.29) is 5.91 Å². The predicted molar refractivity (Wildman–Crippen MR) is 89.6 cm³/mol. The number of piperazine rings is 1. The summed E-state index contributed by atoms with van der Waals surface area (Å²) in [6, 6.07) is 9.84. The Balaban J connectivity index is 1.36. The van der Waals surface area contributed by atoms with Crippen LogP contribution in [0.5, 0.6) is 5.75 Å². The SMILES string of the molecule is COc1ccc(N2CCN(C(=O)c3cc(C4CC4)on3)CC2)cc1. The normalized spacial score (nSPS) is 17.9. The number of carbonyl (C=O) groups is 1. The Morgan fingerprint density at radius 3 is 2.50 bits per heavy atom. The first-order chi connectivity index (χ1) is 11.7. The molecule has 0 atom stereocenters. The molecule has 1 aliphatic heterocycles. The maximum absolute atomic E-state index is 12.6. The minimum absolute atomic E-state index is 0.0277. The number of aromatic nitrogens is 1. The van der Waals surface area contributed by atoms with Gasteiger partial charge >= 0.3 is 0 Å². The van der Waals surface area contributed by atoms with Gasteiger partial charge in [0.25, 0.3) is 5.91 Å². The van der Waals surface area contributed by atoms with Crippen LogP contribution >= 0.6 is 0 Å². The number of ether oxygens (including phenoxy) is 1. The minimum Gasteiger partial charge on any atom is -0.497 e. The van der Waals surface area contributed by atoms with Crippen LogP contribution in [0.15, 0.2) is 34.9 Å². The summed E-state index contributed by atoms with van der Waals surface area (Å²) in [5.41, 5.74) is 1.59. The topological polar surface area (TPSA) is 58.8 Å². The van der Waals surface area contributed by atoms with Gasteiger partial charge < -0.3 is 19.1 Å². The monoisotopic (exact) mass is 327 g/mol. The van der Waals surface area contributed by atoms with E-state index >= 15 is 0 Å². The van der Waals surface area contributed by atoms with E-state index in [1.165, 1.54) is 0 Å². The third-order valence-electron chi connectivity index (χ3n) is 4.73. The molecule has 2 aromatic rings. The Morgan fingerprint density at radius 1 is 1.17 bits per heavy atom. The third-order valence-corrected chi connectivity index (χ3v) is 4.73. The number of amides is 1. The zero-order valence-corrected chi connectivity index (χ0v) is 13.8. The Kier molecular flexibility index (Phi) is 3.88. The molecular formula is C18H21N3O3. The number of anilines is 1. The van der Waals surface area contributed by atoms with E-state index in [1.807, 2.05) is 23.1 Å². The molecule has 0 bridgehead atoms. The van der Waals surface area contributed by atoms with Crippen LogP contribution in [0.3, 0.4) is 0 Å². The van der Waals surface area contributed by atoms with Crippen LogP contribution in [0.25, 0.3) is 0 Å². The first kappa shape index (κ1) is 15.1. The fourth-order valence-corrected chi connectivity index (χ4v) is 3.07. The van der Waals surface area contributed by atoms with Crippen LogP contribution in [0.1, 0.15) is 35.0 Å². The van der Waals surface area contributed by atoms with Crippen LogP contribution < -0.4 is 9.64 Å². The van der Waals surface area contributed by atoms with Crippen molar-refractivity contribution in [2.75, 3.05) is 38.2 Å². The molecule has 1 aromatic carbocycles. The molecule has 0 radical (unpaired) electrons. The minimum atomic E-state index is -0.0277. The molecule has 0 N–H and O–H groups in total. The molecule has 0 spiro atoms. The molecule has 6 heteroatoms. The summed E-state index contributed by atoms with van der Waals surface area (Å²) in [5.74, 6) is 2.16. The summed E-state index contributed by atoms with van der Waals surface area (Å²) in [6.45, 7) is 3.00. The van der Waals surface area contributed by atoms with Gasteiger partial charge in [0.1, 0.15) is 11.5 Å². The van der Waals surface area contributed by atoms with Crippen molar-refractivity contribution >= 4 is 11.6 Å². The summed E-state index contributed by atoms with van der Waals surface area (Å²) < 4.78 is 10.5. The van der Waals surface area contributed by atoms with Crippen LogP contribution in [0.4, 0.5) is 5.69 Å². The van der Waals surface area contributed by atoms with E-state index < -0.39 is 0 Å². The zero-order chi connectivity index (χ0) is 16.5. The molecule has 1 saturated heterocycles.